The molecular formula is C35H52N10O18. The molecule has 1 amide bonds. The minimum Gasteiger partial charge on any atom is -0.481 e. The number of aromatic nitrogens is 2. The number of nitrogens with two attached hydrogens (primary N) is 4. The van der Waals surface area contributed by atoms with Gasteiger partial charge in [0.25, 0.3) is 11.5 Å². The molecule has 3 rings (SSSR count). The molecule has 0 bridgehead atoms. The van der Waals surface area contributed by atoms with Gasteiger partial charge in [0.15, 0.2) is 5.82 Å². The lowest BCUT2D eigenvalue weighted by Gasteiger charge is -2.35. The number of carbonyl (C=O) groups is 9. The molecular weight excluding hydrogens is 848 g/mol. The van der Waals surface area contributed by atoms with Gasteiger partial charge in [-0.15, -0.1) is 0 Å². The zero-order chi connectivity index (χ0) is 48.6. The highest BCUT2D eigenvalue weighted by Crippen LogP contribution is 2.25. The van der Waals surface area contributed by atoms with Crippen molar-refractivity contribution >= 4 is 76.8 Å². The second kappa shape index (κ2) is 28.0. The highest BCUT2D eigenvalue weighted by atomic mass is 16.4. The van der Waals surface area contributed by atoms with Crippen molar-refractivity contribution in [3.8, 4) is 0 Å². The summed E-state index contributed by atoms with van der Waals surface area (Å²) in [4.78, 5) is 114. The molecule has 1 aliphatic heterocycles. The highest BCUT2D eigenvalue weighted by Gasteiger charge is 2.27. The van der Waals surface area contributed by atoms with Crippen LogP contribution in [0.25, 0.3) is 0 Å². The molecule has 0 fully saturated rings. The van der Waals surface area contributed by atoms with Crippen molar-refractivity contribution in [1.82, 2.24) is 15.3 Å². The smallest absolute Gasteiger partial charge is 0.326 e. The van der Waals surface area contributed by atoms with Gasteiger partial charge < -0.3 is 84.6 Å². The fourth-order valence-electron chi connectivity index (χ4n) is 4.63. The quantitative estimate of drug-likeness (QED) is 0.0617. The van der Waals surface area contributed by atoms with Crippen LogP contribution in [0.3, 0.4) is 0 Å². The standard InChI is InChI=1S/C20H25N7O6.3C5H9NO4/c1-27-12(9-23-16-15(27)18(31)26-20(21)25-16)8-22-11-4-2-10(3-5-11)17(30)24-13(19(32)33)6-7-14(28)29;3*6-3(5(9)10)1-2-4(7)8/h2-5,12-13,22H,6-9H2,1H3,(H,24,30)(H,28,29)(H,32,33)(H4,21,23,25,26,31);3*3H,1-2,6H2,(H,7,8)(H,9,10). The summed E-state index contributed by atoms with van der Waals surface area (Å²) < 4.78 is 0. The highest BCUT2D eigenvalue weighted by molar-refractivity contribution is 5.97. The van der Waals surface area contributed by atoms with Crippen LogP contribution in [-0.4, -0.2) is 155 Å². The van der Waals surface area contributed by atoms with E-state index in [-0.39, 0.29) is 74.5 Å². The van der Waals surface area contributed by atoms with Gasteiger partial charge in [-0.2, -0.15) is 4.98 Å². The first-order valence-corrected chi connectivity index (χ1v) is 18.3. The number of nitrogen functional groups attached to an aromatic ring is 1. The summed E-state index contributed by atoms with van der Waals surface area (Å²) >= 11 is 0. The number of anilines is 4. The van der Waals surface area contributed by atoms with Crippen molar-refractivity contribution in [2.24, 2.45) is 17.2 Å². The molecule has 350 valence electrons. The molecule has 28 nitrogen and oxygen atoms in total. The minimum atomic E-state index is -1.30. The third-order valence-corrected chi connectivity index (χ3v) is 8.22. The van der Waals surface area contributed by atoms with E-state index in [0.717, 1.165) is 5.69 Å². The number of aromatic amines is 1. The molecule has 1 aliphatic rings. The van der Waals surface area contributed by atoms with Crippen molar-refractivity contribution < 1.29 is 84.0 Å². The van der Waals surface area contributed by atoms with Crippen LogP contribution < -0.4 is 49.3 Å². The van der Waals surface area contributed by atoms with Crippen LogP contribution in [0.4, 0.5) is 23.1 Å². The predicted octanol–water partition coefficient (Wildman–Crippen LogP) is -2.47. The maximum absolute atomic E-state index is 12.3. The Hall–Kier alpha value is -7.59. The minimum absolute atomic E-state index is 0.0231. The molecule has 63 heavy (non-hydrogen) atoms. The fraction of sp³-hybridized carbons (Fsp3) is 0.457. The van der Waals surface area contributed by atoms with E-state index in [4.69, 9.17) is 58.7 Å². The van der Waals surface area contributed by atoms with Crippen molar-refractivity contribution in [1.29, 1.82) is 0 Å². The lowest BCUT2D eigenvalue weighted by atomic mass is 10.1. The van der Waals surface area contributed by atoms with Gasteiger partial charge in [-0.1, -0.05) is 0 Å². The number of carbonyl (C=O) groups excluding carboxylic acids is 1. The molecule has 0 spiro atoms. The summed E-state index contributed by atoms with van der Waals surface area (Å²) in [6.45, 7) is 1.01. The maximum atomic E-state index is 12.3. The van der Waals surface area contributed by atoms with E-state index in [9.17, 15) is 53.1 Å². The molecule has 20 N–H and O–H groups in total. The monoisotopic (exact) mass is 900 g/mol. The number of hydrogen-bond acceptors (Lipinski definition) is 18. The fourth-order valence-corrected chi connectivity index (χ4v) is 4.63. The van der Waals surface area contributed by atoms with Gasteiger partial charge >= 0.3 is 47.8 Å². The average molecular weight is 901 g/mol. The Balaban J connectivity index is 0.00000104. The van der Waals surface area contributed by atoms with Gasteiger partial charge in [-0.05, 0) is 49.9 Å². The molecule has 2 aromatic rings. The number of nitrogens with one attached hydrogen (secondary N) is 4. The Bertz CT molecular complexity index is 1880. The average Bonchev–Trinajstić information content (AvgIpc) is 3.19. The molecule has 5 atom stereocenters. The molecule has 5 unspecified atom stereocenters. The van der Waals surface area contributed by atoms with Gasteiger partial charge in [0, 0.05) is 57.1 Å². The number of fused-ring (bicyclic) bond motifs is 1. The van der Waals surface area contributed by atoms with Gasteiger partial charge in [0.2, 0.25) is 5.95 Å². The summed E-state index contributed by atoms with van der Waals surface area (Å²) in [7, 11) is 1.79. The number of H-pyrrole nitrogens is 1. The number of likely N-dealkylation sites (N-methyl/N-ethyl adjacent to an activating group) is 1. The SMILES string of the molecule is CN1c2c(nc(N)[nH]c2=O)NCC1CNc1ccc(C(=O)NC(CCC(=O)O)C(=O)O)cc1.NC(CCC(=O)O)C(=O)O.NC(CCC(=O)O)C(=O)O.NC(CCC(=O)O)C(=O)O. The second-order valence-electron chi connectivity index (χ2n) is 13.2. The Morgan fingerprint density at radius 1 is 0.698 bits per heavy atom. The number of rotatable bonds is 21. The van der Waals surface area contributed by atoms with Crippen LogP contribution in [0, 0.1) is 0 Å². The third kappa shape index (κ3) is 23.1. The summed E-state index contributed by atoms with van der Waals surface area (Å²) in [5, 5.41) is 75.4. The molecule has 1 aromatic heterocycles. The molecule has 0 saturated heterocycles. The van der Waals surface area contributed by atoms with Crippen LogP contribution in [0.15, 0.2) is 29.1 Å². The molecule has 0 aliphatic carbocycles. The van der Waals surface area contributed by atoms with E-state index >= 15 is 0 Å². The Labute approximate surface area is 356 Å². The lowest BCUT2D eigenvalue weighted by molar-refractivity contribution is -0.142. The van der Waals surface area contributed by atoms with E-state index in [1.54, 1.807) is 19.2 Å². The second-order valence-corrected chi connectivity index (χ2v) is 13.2. The van der Waals surface area contributed by atoms with Crippen molar-refractivity contribution in [3.63, 3.8) is 0 Å². The topological polar surface area (TPSA) is 505 Å². The van der Waals surface area contributed by atoms with Crippen LogP contribution in [-0.2, 0) is 38.4 Å². The number of carboxylic acid groups (broad SMARTS) is 8. The molecule has 0 radical (unpaired) electrons. The summed E-state index contributed by atoms with van der Waals surface area (Å²) in [6.07, 6.45) is -1.26. The number of hydrogen-bond donors (Lipinski definition) is 16. The first kappa shape index (κ1) is 55.4. The largest absolute Gasteiger partial charge is 0.481 e. The van der Waals surface area contributed by atoms with Crippen molar-refractivity contribution in [3.05, 3.63) is 40.2 Å². The van der Waals surface area contributed by atoms with Crippen molar-refractivity contribution in [2.75, 3.05) is 41.4 Å². The summed E-state index contributed by atoms with van der Waals surface area (Å²) in [5.74, 6) is -9.18. The van der Waals surface area contributed by atoms with E-state index in [1.165, 1.54) is 12.1 Å². The third-order valence-electron chi connectivity index (χ3n) is 8.22. The van der Waals surface area contributed by atoms with Crippen molar-refractivity contribution in [2.45, 2.75) is 81.6 Å². The zero-order valence-corrected chi connectivity index (χ0v) is 33.6. The Kier molecular flexibility index (Phi) is 24.7. The normalized spacial score (nSPS) is 14.2. The van der Waals surface area contributed by atoms with Gasteiger partial charge in [0.05, 0.1) is 6.04 Å². The number of benzene rings is 1. The van der Waals surface area contributed by atoms with Gasteiger partial charge in [-0.3, -0.25) is 48.1 Å². The van der Waals surface area contributed by atoms with Gasteiger partial charge in [-0.25, -0.2) is 4.79 Å². The van der Waals surface area contributed by atoms with Gasteiger partial charge in [0.1, 0.15) is 29.9 Å². The Morgan fingerprint density at radius 2 is 1.11 bits per heavy atom. The van der Waals surface area contributed by atoms with Crippen LogP contribution in [0.1, 0.15) is 61.7 Å². The lowest BCUT2D eigenvalue weighted by Crippen LogP contribution is -2.48. The predicted molar refractivity (Wildman–Crippen MR) is 218 cm³/mol. The van der Waals surface area contributed by atoms with E-state index < -0.39 is 77.8 Å². The van der Waals surface area contributed by atoms with Crippen LogP contribution in [0.2, 0.25) is 0 Å². The number of carboxylic acids is 8. The first-order chi connectivity index (χ1) is 29.3. The maximum Gasteiger partial charge on any atom is 0.326 e. The molecule has 2 heterocycles. The van der Waals surface area contributed by atoms with E-state index in [0.29, 0.717) is 24.6 Å². The first-order valence-electron chi connectivity index (χ1n) is 18.3. The molecule has 28 heteroatoms. The zero-order valence-electron chi connectivity index (χ0n) is 33.6. The van der Waals surface area contributed by atoms with E-state index in [2.05, 4.69) is 25.9 Å². The summed E-state index contributed by atoms with van der Waals surface area (Å²) in [5.41, 5.74) is 21.6. The van der Waals surface area contributed by atoms with Crippen LogP contribution >= 0.6 is 0 Å². The molecule has 1 aromatic carbocycles. The summed E-state index contributed by atoms with van der Waals surface area (Å²) in [6, 6.07) is 1.85. The number of aliphatic carboxylic acids is 8. The van der Waals surface area contributed by atoms with Crippen LogP contribution in [0.5, 0.6) is 0 Å². The number of nitrogens with zero attached hydrogens (tertiary/aromatic N) is 2. The molecule has 0 saturated carbocycles. The van der Waals surface area contributed by atoms with E-state index in [1.807, 2.05) is 4.90 Å². The number of amides is 1. The Morgan fingerprint density at radius 3 is 1.49 bits per heavy atom.